The first-order chi connectivity index (χ1) is 12.6. The molecule has 144 valence electrons. The number of nitrogens with one attached hydrogen (secondary N) is 1. The van der Waals surface area contributed by atoms with Gasteiger partial charge in [0.15, 0.2) is 0 Å². The van der Waals surface area contributed by atoms with Crippen molar-refractivity contribution in [2.45, 2.75) is 70.6 Å². The average molecular weight is 360 g/mol. The SMILES string of the molecule is CC[C@H](C)CC(=O)NC[C@H]1CCC2(CCN(Cc3cccnc3)CC2)O1. The minimum absolute atomic E-state index is 0.0392. The van der Waals surface area contributed by atoms with E-state index in [1.165, 1.54) is 5.56 Å². The summed E-state index contributed by atoms with van der Waals surface area (Å²) in [5, 5.41) is 3.07. The summed E-state index contributed by atoms with van der Waals surface area (Å²) in [7, 11) is 0. The zero-order chi connectivity index (χ0) is 18.4. The van der Waals surface area contributed by atoms with E-state index in [1.54, 1.807) is 0 Å². The molecule has 0 unspecified atom stereocenters. The van der Waals surface area contributed by atoms with Crippen molar-refractivity contribution in [3.05, 3.63) is 30.1 Å². The molecule has 5 nitrogen and oxygen atoms in total. The lowest BCUT2D eigenvalue weighted by Crippen LogP contribution is -2.44. The van der Waals surface area contributed by atoms with Crippen LogP contribution in [0.1, 0.15) is 57.9 Å². The van der Waals surface area contributed by atoms with Crippen molar-refractivity contribution in [1.29, 1.82) is 0 Å². The predicted molar refractivity (Wildman–Crippen MR) is 103 cm³/mol. The molecule has 5 heteroatoms. The Morgan fingerprint density at radius 1 is 1.42 bits per heavy atom. The van der Waals surface area contributed by atoms with Crippen LogP contribution in [0.3, 0.4) is 0 Å². The van der Waals surface area contributed by atoms with Crippen LogP contribution in [0, 0.1) is 5.92 Å². The predicted octanol–water partition coefficient (Wildman–Crippen LogP) is 3.15. The molecule has 1 aromatic heterocycles. The van der Waals surface area contributed by atoms with Crippen LogP contribution in [0.5, 0.6) is 0 Å². The van der Waals surface area contributed by atoms with E-state index in [0.717, 1.165) is 51.7 Å². The summed E-state index contributed by atoms with van der Waals surface area (Å²) in [5.74, 6) is 0.616. The van der Waals surface area contributed by atoms with Crippen molar-refractivity contribution in [3.63, 3.8) is 0 Å². The number of amides is 1. The van der Waals surface area contributed by atoms with Crippen LogP contribution in [0.15, 0.2) is 24.5 Å². The number of pyridine rings is 1. The second-order valence-corrected chi connectivity index (χ2v) is 8.12. The molecule has 0 aromatic carbocycles. The van der Waals surface area contributed by atoms with Crippen LogP contribution in [-0.4, -0.2) is 47.1 Å². The second-order valence-electron chi connectivity index (χ2n) is 8.12. The van der Waals surface area contributed by atoms with Crippen molar-refractivity contribution in [3.8, 4) is 0 Å². The van der Waals surface area contributed by atoms with E-state index in [4.69, 9.17) is 4.74 Å². The summed E-state index contributed by atoms with van der Waals surface area (Å²) in [6.07, 6.45) is 9.99. The number of nitrogens with zero attached hydrogens (tertiary/aromatic N) is 2. The quantitative estimate of drug-likeness (QED) is 0.812. The van der Waals surface area contributed by atoms with E-state index >= 15 is 0 Å². The third-order valence-electron chi connectivity index (χ3n) is 5.99. The number of hydrogen-bond acceptors (Lipinski definition) is 4. The fourth-order valence-corrected chi connectivity index (χ4v) is 4.04. The van der Waals surface area contributed by atoms with Gasteiger partial charge in [0.05, 0.1) is 11.7 Å². The van der Waals surface area contributed by atoms with Gasteiger partial charge in [0, 0.05) is 45.0 Å². The highest BCUT2D eigenvalue weighted by atomic mass is 16.5. The van der Waals surface area contributed by atoms with Crippen molar-refractivity contribution in [1.82, 2.24) is 15.2 Å². The van der Waals surface area contributed by atoms with Crippen molar-refractivity contribution >= 4 is 5.91 Å². The molecule has 3 rings (SSSR count). The summed E-state index contributed by atoms with van der Waals surface area (Å²) in [4.78, 5) is 18.7. The minimum Gasteiger partial charge on any atom is -0.370 e. The van der Waals surface area contributed by atoms with Gasteiger partial charge in [0.25, 0.3) is 0 Å². The molecule has 3 heterocycles. The van der Waals surface area contributed by atoms with E-state index in [9.17, 15) is 4.79 Å². The van der Waals surface area contributed by atoms with E-state index in [2.05, 4.69) is 35.1 Å². The molecule has 1 amide bonds. The number of piperidine rings is 1. The first kappa shape index (κ1) is 19.3. The van der Waals surface area contributed by atoms with Crippen LogP contribution in [0.4, 0.5) is 0 Å². The lowest BCUT2D eigenvalue weighted by Gasteiger charge is -2.39. The summed E-state index contributed by atoms with van der Waals surface area (Å²) < 4.78 is 6.42. The highest BCUT2D eigenvalue weighted by molar-refractivity contribution is 5.76. The standard InChI is InChI=1S/C21H33N3O2/c1-3-17(2)13-20(25)23-15-19-6-7-21(26-19)8-11-24(12-9-21)16-18-5-4-10-22-14-18/h4-5,10,14,17,19H,3,6-9,11-13,15-16H2,1-2H3,(H,23,25)/t17-,19+/m0/s1. The third-order valence-corrected chi connectivity index (χ3v) is 5.99. The fraction of sp³-hybridized carbons (Fsp3) is 0.714. The number of ether oxygens (including phenoxy) is 1. The molecule has 26 heavy (non-hydrogen) atoms. The highest BCUT2D eigenvalue weighted by Crippen LogP contribution is 2.39. The maximum Gasteiger partial charge on any atom is 0.220 e. The second kappa shape index (κ2) is 8.96. The van der Waals surface area contributed by atoms with Crippen molar-refractivity contribution < 1.29 is 9.53 Å². The van der Waals surface area contributed by atoms with Crippen molar-refractivity contribution in [2.24, 2.45) is 5.92 Å². The zero-order valence-corrected chi connectivity index (χ0v) is 16.2. The summed E-state index contributed by atoms with van der Waals surface area (Å²) >= 11 is 0. The number of aromatic nitrogens is 1. The Labute approximate surface area is 157 Å². The number of likely N-dealkylation sites (tertiary alicyclic amines) is 1. The average Bonchev–Trinajstić information content (AvgIpc) is 3.06. The van der Waals surface area contributed by atoms with Gasteiger partial charge in [-0.25, -0.2) is 0 Å². The van der Waals surface area contributed by atoms with Gasteiger partial charge in [-0.2, -0.15) is 0 Å². The van der Waals surface area contributed by atoms with E-state index in [1.807, 2.05) is 18.5 Å². The number of rotatable bonds is 7. The van der Waals surface area contributed by atoms with E-state index < -0.39 is 0 Å². The number of hydrogen-bond donors (Lipinski definition) is 1. The summed E-state index contributed by atoms with van der Waals surface area (Å²) in [6, 6.07) is 4.14. The normalized spacial score (nSPS) is 23.8. The maximum absolute atomic E-state index is 12.0. The third kappa shape index (κ3) is 5.27. The van der Waals surface area contributed by atoms with E-state index in [0.29, 0.717) is 18.9 Å². The minimum atomic E-state index is 0.0392. The Morgan fingerprint density at radius 3 is 2.92 bits per heavy atom. The molecule has 2 aliphatic heterocycles. The molecule has 2 saturated heterocycles. The number of carbonyl (C=O) groups excluding carboxylic acids is 1. The molecule has 0 saturated carbocycles. The number of carbonyl (C=O) groups is 1. The van der Waals surface area contributed by atoms with Gasteiger partial charge >= 0.3 is 0 Å². The van der Waals surface area contributed by atoms with Crippen LogP contribution in [0.25, 0.3) is 0 Å². The topological polar surface area (TPSA) is 54.5 Å². The smallest absolute Gasteiger partial charge is 0.220 e. The maximum atomic E-state index is 12.0. The molecule has 0 radical (unpaired) electrons. The molecule has 0 bridgehead atoms. The van der Waals surface area contributed by atoms with Gasteiger partial charge < -0.3 is 10.1 Å². The Hall–Kier alpha value is -1.46. The van der Waals surface area contributed by atoms with Crippen molar-refractivity contribution in [2.75, 3.05) is 19.6 Å². The van der Waals surface area contributed by atoms with Crippen LogP contribution >= 0.6 is 0 Å². The molecule has 2 aliphatic rings. The van der Waals surface area contributed by atoms with Gasteiger partial charge in [-0.1, -0.05) is 26.3 Å². The Balaban J connectivity index is 1.39. The van der Waals surface area contributed by atoms with E-state index in [-0.39, 0.29) is 17.6 Å². The zero-order valence-electron chi connectivity index (χ0n) is 16.2. The molecule has 2 atom stereocenters. The molecule has 1 aromatic rings. The Morgan fingerprint density at radius 2 is 2.23 bits per heavy atom. The summed E-state index contributed by atoms with van der Waals surface area (Å²) in [6.45, 7) is 8.03. The molecule has 1 spiro atoms. The van der Waals surface area contributed by atoms with Crippen LogP contribution < -0.4 is 5.32 Å². The molecule has 1 N–H and O–H groups in total. The molecular weight excluding hydrogens is 326 g/mol. The lowest BCUT2D eigenvalue weighted by molar-refractivity contribution is -0.123. The van der Waals surface area contributed by atoms with Gasteiger partial charge in [0.1, 0.15) is 0 Å². The van der Waals surface area contributed by atoms with Crippen LogP contribution in [-0.2, 0) is 16.1 Å². The Bertz CT molecular complexity index is 570. The van der Waals surface area contributed by atoms with Gasteiger partial charge in [-0.15, -0.1) is 0 Å². The Kier molecular flexibility index (Phi) is 6.65. The molecule has 0 aliphatic carbocycles. The van der Waals surface area contributed by atoms with Gasteiger partial charge in [0.2, 0.25) is 5.91 Å². The first-order valence-electron chi connectivity index (χ1n) is 10.1. The molecule has 2 fully saturated rings. The monoisotopic (exact) mass is 359 g/mol. The van der Waals surface area contributed by atoms with Gasteiger partial charge in [-0.05, 0) is 43.2 Å². The lowest BCUT2D eigenvalue weighted by atomic mass is 9.88. The largest absolute Gasteiger partial charge is 0.370 e. The summed E-state index contributed by atoms with van der Waals surface area (Å²) in [5.41, 5.74) is 1.31. The van der Waals surface area contributed by atoms with Gasteiger partial charge in [-0.3, -0.25) is 14.7 Å². The highest BCUT2D eigenvalue weighted by Gasteiger charge is 2.42. The molecular formula is C21H33N3O2. The fourth-order valence-electron chi connectivity index (χ4n) is 4.04. The van der Waals surface area contributed by atoms with Crippen LogP contribution in [0.2, 0.25) is 0 Å². The first-order valence-corrected chi connectivity index (χ1v) is 10.1.